The van der Waals surface area contributed by atoms with Gasteiger partial charge in [-0.3, -0.25) is 9.88 Å². The van der Waals surface area contributed by atoms with Crippen LogP contribution in [-0.4, -0.2) is 69.5 Å². The Bertz CT molecular complexity index is 1580. The zero-order chi connectivity index (χ0) is 35.0. The topological polar surface area (TPSA) is 98.5 Å². The lowest BCUT2D eigenvalue weighted by atomic mass is 9.99. The molecule has 2 unspecified atom stereocenters. The summed E-state index contributed by atoms with van der Waals surface area (Å²) in [4.78, 5) is 21.2. The van der Waals surface area contributed by atoms with Crippen LogP contribution in [0.5, 0.6) is 0 Å². The van der Waals surface area contributed by atoms with E-state index in [1.54, 1.807) is 0 Å². The number of hydrogen-bond donors (Lipinski definition) is 0. The number of fused-ring (bicyclic) bond motifs is 1. The second-order valence-corrected chi connectivity index (χ2v) is 11.7. The Morgan fingerprint density at radius 1 is 0.979 bits per heavy atom. The third-order valence-electron chi connectivity index (χ3n) is 7.77. The van der Waals surface area contributed by atoms with Crippen LogP contribution in [0.4, 0.5) is 55.9 Å². The predicted octanol–water partition coefficient (Wildman–Crippen LogP) is 6.42. The third kappa shape index (κ3) is 8.65. The molecule has 48 heavy (non-hydrogen) atoms. The molecule has 0 N–H and O–H groups in total. The van der Waals surface area contributed by atoms with E-state index in [1.807, 2.05) is 0 Å². The van der Waals surface area contributed by atoms with Gasteiger partial charge in [0.1, 0.15) is 6.10 Å². The Hall–Kier alpha value is -4.16. The van der Waals surface area contributed by atoms with Gasteiger partial charge in [0.2, 0.25) is 0 Å². The summed E-state index contributed by atoms with van der Waals surface area (Å²) in [6.45, 7) is 1.13. The minimum Gasteiger partial charge on any atom is -0.443 e. The minimum absolute atomic E-state index is 0.0213. The fourth-order valence-corrected chi connectivity index (χ4v) is 5.87. The second kappa shape index (κ2) is 13.4. The Morgan fingerprint density at radius 2 is 1.62 bits per heavy atom. The highest BCUT2D eigenvalue weighted by atomic mass is 19.4. The van der Waals surface area contributed by atoms with Crippen molar-refractivity contribution >= 4 is 17.7 Å². The number of pyridine rings is 1. The molecule has 10 nitrogen and oxygen atoms in total. The van der Waals surface area contributed by atoms with E-state index in [-0.39, 0.29) is 55.4 Å². The summed E-state index contributed by atoms with van der Waals surface area (Å²) in [5.74, 6) is -0.120. The van der Waals surface area contributed by atoms with E-state index < -0.39 is 72.0 Å². The van der Waals surface area contributed by atoms with Crippen LogP contribution in [0.25, 0.3) is 0 Å². The number of aryl methyl sites for hydroxylation is 2. The molecule has 19 heteroatoms. The molecular formula is C29H30F9N7O3. The van der Waals surface area contributed by atoms with E-state index in [1.165, 1.54) is 11.9 Å². The van der Waals surface area contributed by atoms with Crippen molar-refractivity contribution in [3.8, 4) is 0 Å². The fraction of sp³-hybridized carbons (Fsp3) is 0.552. The van der Waals surface area contributed by atoms with Crippen LogP contribution in [0.15, 0.2) is 24.3 Å². The number of carbonyl (C=O) groups is 1. The zero-order valence-electron chi connectivity index (χ0n) is 25.6. The van der Waals surface area contributed by atoms with E-state index >= 15 is 0 Å². The van der Waals surface area contributed by atoms with Gasteiger partial charge >= 0.3 is 24.6 Å². The summed E-state index contributed by atoms with van der Waals surface area (Å²) in [6.07, 6.45) is -18.1. The number of halogens is 9. The Morgan fingerprint density at radius 3 is 2.17 bits per heavy atom. The lowest BCUT2D eigenvalue weighted by Crippen LogP contribution is -2.36. The van der Waals surface area contributed by atoms with Crippen molar-refractivity contribution in [3.05, 3.63) is 57.9 Å². The first-order valence-electron chi connectivity index (χ1n) is 14.8. The number of benzene rings is 1. The fourth-order valence-electron chi connectivity index (χ4n) is 5.87. The molecule has 2 aliphatic rings. The normalized spacial score (nSPS) is 18.9. The maximum absolute atomic E-state index is 14.1. The Labute approximate surface area is 267 Å². The number of hydrogen-bond acceptors (Lipinski definition) is 8. The van der Waals surface area contributed by atoms with Crippen LogP contribution in [-0.2, 0) is 42.1 Å². The van der Waals surface area contributed by atoms with Crippen LogP contribution < -0.4 is 9.80 Å². The molecule has 2 aliphatic heterocycles. The van der Waals surface area contributed by atoms with Gasteiger partial charge in [-0.1, -0.05) is 23.3 Å². The zero-order valence-corrected chi connectivity index (χ0v) is 25.6. The number of carbonyl (C=O) groups excluding carboxylic acids is 1. The summed E-state index contributed by atoms with van der Waals surface area (Å²) in [5, 5.41) is 12.0. The van der Waals surface area contributed by atoms with Crippen LogP contribution in [0.3, 0.4) is 0 Å². The molecule has 2 aromatic heterocycles. The number of aromatic nitrogens is 5. The first-order chi connectivity index (χ1) is 22.4. The van der Waals surface area contributed by atoms with Gasteiger partial charge in [0.15, 0.2) is 0 Å². The van der Waals surface area contributed by atoms with Crippen molar-refractivity contribution in [1.29, 1.82) is 0 Å². The Kier molecular flexibility index (Phi) is 9.81. The van der Waals surface area contributed by atoms with Crippen LogP contribution in [0, 0.1) is 6.92 Å². The standard InChI is InChI=1S/C29H30F9N7O3/c1-16-21(29(36,37)38)11-23-24(39-16)22(4-3-6-44(23)26(46)48-20-5-7-47-15-20)45(25-40-42-43(2)41-25)14-19-9-17(12-27(30,31)32)8-18(10-19)13-28(33,34)35/h8-11,20,22H,3-7,12-15H2,1-2H3. The molecule has 1 aromatic carbocycles. The molecule has 1 fully saturated rings. The minimum atomic E-state index is -4.84. The van der Waals surface area contributed by atoms with Gasteiger partial charge in [-0.15, -0.1) is 5.10 Å². The molecule has 5 rings (SSSR count). The maximum atomic E-state index is 14.1. The highest BCUT2D eigenvalue weighted by Gasteiger charge is 2.40. The van der Waals surface area contributed by atoms with Gasteiger partial charge in [0, 0.05) is 19.5 Å². The van der Waals surface area contributed by atoms with Gasteiger partial charge < -0.3 is 14.4 Å². The molecule has 0 saturated carbocycles. The van der Waals surface area contributed by atoms with E-state index in [9.17, 15) is 44.3 Å². The maximum Gasteiger partial charge on any atom is 0.418 e. The van der Waals surface area contributed by atoms with Crippen LogP contribution in [0.2, 0.25) is 0 Å². The molecule has 1 saturated heterocycles. The molecule has 262 valence electrons. The van der Waals surface area contributed by atoms with Gasteiger partial charge in [-0.25, -0.2) is 4.79 Å². The largest absolute Gasteiger partial charge is 0.443 e. The van der Waals surface area contributed by atoms with Gasteiger partial charge in [0.05, 0.1) is 61.8 Å². The Balaban J connectivity index is 1.62. The van der Waals surface area contributed by atoms with Crippen molar-refractivity contribution in [2.45, 2.75) is 76.2 Å². The quantitative estimate of drug-likeness (QED) is 0.262. The summed E-state index contributed by atoms with van der Waals surface area (Å²) in [7, 11) is 1.42. The monoisotopic (exact) mass is 695 g/mol. The molecular weight excluding hydrogens is 665 g/mol. The van der Waals surface area contributed by atoms with Crippen molar-refractivity contribution in [3.63, 3.8) is 0 Å². The van der Waals surface area contributed by atoms with E-state index in [2.05, 4.69) is 20.4 Å². The summed E-state index contributed by atoms with van der Waals surface area (Å²) in [6, 6.07) is 2.82. The van der Waals surface area contributed by atoms with Crippen LogP contribution in [0.1, 0.15) is 58.9 Å². The molecule has 0 aliphatic carbocycles. The molecule has 3 aromatic rings. The first-order valence-corrected chi connectivity index (χ1v) is 14.8. The third-order valence-corrected chi connectivity index (χ3v) is 7.77. The molecule has 0 radical (unpaired) electrons. The van der Waals surface area contributed by atoms with Gasteiger partial charge in [-0.05, 0) is 47.7 Å². The van der Waals surface area contributed by atoms with Crippen molar-refractivity contribution in [2.75, 3.05) is 29.6 Å². The molecule has 0 bridgehead atoms. The number of alkyl halides is 9. The SMILES string of the molecule is Cc1nc2c(cc1C(F)(F)F)N(C(=O)OC1CCOC1)CCCC2N(Cc1cc(CC(F)(F)F)cc(CC(F)(F)F)c1)c1nnn(C)n1. The smallest absolute Gasteiger partial charge is 0.418 e. The highest BCUT2D eigenvalue weighted by Crippen LogP contribution is 2.42. The summed E-state index contributed by atoms with van der Waals surface area (Å²) >= 11 is 0. The average molecular weight is 696 g/mol. The number of nitrogens with zero attached hydrogens (tertiary/aromatic N) is 7. The number of amides is 1. The van der Waals surface area contributed by atoms with Gasteiger partial charge in [0.25, 0.3) is 5.95 Å². The number of tetrazole rings is 1. The summed E-state index contributed by atoms with van der Waals surface area (Å²) < 4.78 is 133. The average Bonchev–Trinajstić information content (AvgIpc) is 3.57. The molecule has 0 spiro atoms. The number of rotatable bonds is 7. The molecule has 4 heterocycles. The van der Waals surface area contributed by atoms with Gasteiger partial charge in [-0.2, -0.15) is 44.3 Å². The molecule has 1 amide bonds. The highest BCUT2D eigenvalue weighted by molar-refractivity contribution is 5.89. The summed E-state index contributed by atoms with van der Waals surface area (Å²) in [5.41, 5.74) is -2.58. The number of anilines is 2. The lowest BCUT2D eigenvalue weighted by Gasteiger charge is -2.32. The predicted molar refractivity (Wildman–Crippen MR) is 150 cm³/mol. The van der Waals surface area contributed by atoms with E-state index in [4.69, 9.17) is 9.47 Å². The van der Waals surface area contributed by atoms with Crippen LogP contribution >= 0.6 is 0 Å². The number of ether oxygens (including phenoxy) is 2. The molecule has 2 atom stereocenters. The van der Waals surface area contributed by atoms with E-state index in [0.29, 0.717) is 13.0 Å². The first kappa shape index (κ1) is 35.2. The van der Waals surface area contributed by atoms with Crippen molar-refractivity contribution < 1.29 is 53.8 Å². The van der Waals surface area contributed by atoms with Crippen molar-refractivity contribution in [1.82, 2.24) is 25.2 Å². The second-order valence-electron chi connectivity index (χ2n) is 11.7. The van der Waals surface area contributed by atoms with Crippen molar-refractivity contribution in [2.24, 2.45) is 7.05 Å². The van der Waals surface area contributed by atoms with E-state index in [0.717, 1.165) is 40.9 Å². The lowest BCUT2D eigenvalue weighted by molar-refractivity contribution is -0.138.